The van der Waals surface area contributed by atoms with Crippen molar-refractivity contribution in [1.29, 1.82) is 0 Å². The molecule has 1 saturated heterocycles. The highest BCUT2D eigenvalue weighted by atomic mass is 16.6. The van der Waals surface area contributed by atoms with Crippen LogP contribution < -0.4 is 10.1 Å². The smallest absolute Gasteiger partial charge is 0.324 e. The largest absolute Gasteiger partial charge is 0.504 e. The summed E-state index contributed by atoms with van der Waals surface area (Å²) in [6.45, 7) is 12.9. The van der Waals surface area contributed by atoms with Crippen molar-refractivity contribution in [3.63, 3.8) is 0 Å². The van der Waals surface area contributed by atoms with Gasteiger partial charge in [-0.3, -0.25) is 19.8 Å². The number of carbonyl (C=O) groups is 2. The second-order valence-corrected chi connectivity index (χ2v) is 15.1. The fourth-order valence-corrected chi connectivity index (χ4v) is 8.43. The fourth-order valence-electron chi connectivity index (χ4n) is 8.43. The van der Waals surface area contributed by atoms with E-state index in [4.69, 9.17) is 18.9 Å². The lowest BCUT2D eigenvalue weighted by Gasteiger charge is -2.65. The van der Waals surface area contributed by atoms with Crippen molar-refractivity contribution < 1.29 is 33.6 Å². The van der Waals surface area contributed by atoms with Gasteiger partial charge >= 0.3 is 11.9 Å². The summed E-state index contributed by atoms with van der Waals surface area (Å²) in [4.78, 5) is 29.1. The lowest BCUT2D eigenvalue weighted by atomic mass is 9.48. The van der Waals surface area contributed by atoms with E-state index in [0.29, 0.717) is 12.2 Å². The van der Waals surface area contributed by atoms with Crippen LogP contribution >= 0.6 is 0 Å². The molecule has 3 fully saturated rings. The van der Waals surface area contributed by atoms with Crippen LogP contribution in [0.4, 0.5) is 0 Å². The molecule has 3 aliphatic carbocycles. The molecule has 2 N–H and O–H groups in total. The lowest BCUT2D eigenvalue weighted by molar-refractivity contribution is -0.208. The number of esters is 2. The Kier molecular flexibility index (Phi) is 7.14. The molecular formula is C33H48N2O7. The molecule has 5 aliphatic rings. The van der Waals surface area contributed by atoms with Crippen molar-refractivity contribution in [2.24, 2.45) is 5.92 Å². The minimum absolute atomic E-state index is 0.137. The van der Waals surface area contributed by atoms with Crippen LogP contribution in [0.1, 0.15) is 91.2 Å². The van der Waals surface area contributed by atoms with Gasteiger partial charge in [0.05, 0.1) is 17.4 Å². The highest BCUT2D eigenvalue weighted by Crippen LogP contribution is 2.66. The molecule has 6 atom stereocenters. The van der Waals surface area contributed by atoms with Gasteiger partial charge in [0.2, 0.25) is 0 Å². The zero-order valence-electron chi connectivity index (χ0n) is 26.2. The van der Waals surface area contributed by atoms with E-state index in [9.17, 15) is 14.7 Å². The summed E-state index contributed by atoms with van der Waals surface area (Å²) in [5.74, 6) is 0.489. The third kappa shape index (κ3) is 4.89. The summed E-state index contributed by atoms with van der Waals surface area (Å²) in [5.41, 5.74) is -0.0817. The summed E-state index contributed by atoms with van der Waals surface area (Å²) in [5, 5.41) is 14.5. The zero-order valence-corrected chi connectivity index (χ0v) is 26.2. The van der Waals surface area contributed by atoms with Crippen molar-refractivity contribution in [2.75, 3.05) is 20.2 Å². The number of methoxy groups -OCH3 is 1. The van der Waals surface area contributed by atoms with Crippen molar-refractivity contribution in [3.8, 4) is 11.5 Å². The first-order valence-corrected chi connectivity index (χ1v) is 15.7. The van der Waals surface area contributed by atoms with Crippen LogP contribution in [0.15, 0.2) is 12.1 Å². The highest BCUT2D eigenvalue weighted by Gasteiger charge is 2.74. The molecule has 1 aromatic carbocycles. The highest BCUT2D eigenvalue weighted by molar-refractivity contribution is 5.83. The van der Waals surface area contributed by atoms with Gasteiger partial charge in [0.1, 0.15) is 23.3 Å². The molecule has 9 nitrogen and oxygen atoms in total. The normalized spacial score (nSPS) is 32.5. The zero-order chi connectivity index (χ0) is 30.2. The predicted octanol–water partition coefficient (Wildman–Crippen LogP) is 4.01. The van der Waals surface area contributed by atoms with Crippen molar-refractivity contribution in [1.82, 2.24) is 10.2 Å². The first-order valence-electron chi connectivity index (χ1n) is 15.7. The maximum absolute atomic E-state index is 13.5. The monoisotopic (exact) mass is 584 g/mol. The maximum Gasteiger partial charge on any atom is 0.324 e. The lowest BCUT2D eigenvalue weighted by Crippen LogP contribution is -2.79. The van der Waals surface area contributed by atoms with Crippen LogP contribution in [0.2, 0.25) is 0 Å². The molecule has 0 radical (unpaired) electrons. The average molecular weight is 585 g/mol. The number of hydrogen-bond acceptors (Lipinski definition) is 9. The minimum atomic E-state index is -0.912. The summed E-state index contributed by atoms with van der Waals surface area (Å²) < 4.78 is 24.8. The third-order valence-corrected chi connectivity index (χ3v) is 9.98. The number of aromatic hydroxyl groups is 1. The Morgan fingerprint density at radius 1 is 1.10 bits per heavy atom. The Balaban J connectivity index is 1.36. The van der Waals surface area contributed by atoms with E-state index in [1.165, 1.54) is 18.4 Å². The van der Waals surface area contributed by atoms with Crippen molar-refractivity contribution >= 4 is 11.9 Å². The number of ether oxygens (including phenoxy) is 4. The Hall–Kier alpha value is -2.36. The van der Waals surface area contributed by atoms with E-state index >= 15 is 0 Å². The number of hydrogen-bond donors (Lipinski definition) is 2. The molecule has 232 valence electrons. The van der Waals surface area contributed by atoms with Gasteiger partial charge in [0.15, 0.2) is 11.5 Å². The van der Waals surface area contributed by atoms with Crippen molar-refractivity contribution in [2.45, 2.75) is 133 Å². The van der Waals surface area contributed by atoms with Crippen LogP contribution in [0.5, 0.6) is 11.5 Å². The molecule has 2 aliphatic heterocycles. The van der Waals surface area contributed by atoms with E-state index in [0.717, 1.165) is 43.8 Å². The van der Waals surface area contributed by atoms with Gasteiger partial charge in [0, 0.05) is 31.3 Å². The summed E-state index contributed by atoms with van der Waals surface area (Å²) in [6, 6.07) is 2.82. The van der Waals surface area contributed by atoms with E-state index < -0.39 is 40.2 Å². The summed E-state index contributed by atoms with van der Waals surface area (Å²) >= 11 is 0. The van der Waals surface area contributed by atoms with Gasteiger partial charge in [-0.15, -0.1) is 0 Å². The number of nitrogens with zero attached hydrogens (tertiary/aromatic N) is 1. The number of phenolic OH excluding ortho intramolecular Hbond substituents is 1. The van der Waals surface area contributed by atoms with Crippen LogP contribution in [-0.4, -0.2) is 83.2 Å². The quantitative estimate of drug-likeness (QED) is 0.439. The standard InChI is InChI=1S/C33H48N2O7/c1-30(2,3)41-25(37)17-22(29(38)42-31(4,5)6)34-21-12-13-33(39-7)24-16-20-10-11-23(36)27-26(20)32(33,28(21)40-27)14-15-35(24)18-19-8-9-19/h10-11,19,21-22,24,28,34,36H,8-9,12-18H2,1-7H3/t21-,22-,24+,28-,32-,33+/m0/s1. The number of piperidine rings is 1. The van der Waals surface area contributed by atoms with Gasteiger partial charge in [0.25, 0.3) is 0 Å². The van der Waals surface area contributed by atoms with Crippen LogP contribution in [0.25, 0.3) is 0 Å². The topological polar surface area (TPSA) is 107 Å². The maximum atomic E-state index is 13.5. The van der Waals surface area contributed by atoms with Gasteiger partial charge in [-0.2, -0.15) is 0 Å². The van der Waals surface area contributed by atoms with E-state index in [-0.39, 0.29) is 30.4 Å². The Labute approximate surface area is 249 Å². The third-order valence-electron chi connectivity index (χ3n) is 9.98. The Morgan fingerprint density at radius 3 is 2.45 bits per heavy atom. The van der Waals surface area contributed by atoms with Crippen LogP contribution in [0.3, 0.4) is 0 Å². The first kappa shape index (κ1) is 29.7. The molecule has 9 heteroatoms. The Morgan fingerprint density at radius 2 is 1.81 bits per heavy atom. The Bertz CT molecular complexity index is 1250. The number of phenols is 1. The molecule has 1 spiro atoms. The number of carbonyl (C=O) groups excluding carboxylic acids is 2. The molecule has 0 unspecified atom stereocenters. The molecule has 2 heterocycles. The summed E-state index contributed by atoms with van der Waals surface area (Å²) in [6.07, 6.45) is 5.20. The molecule has 2 saturated carbocycles. The molecule has 6 rings (SSSR count). The summed E-state index contributed by atoms with van der Waals surface area (Å²) in [7, 11) is 1.83. The van der Waals surface area contributed by atoms with Crippen LogP contribution in [-0.2, 0) is 35.6 Å². The second kappa shape index (κ2) is 10.1. The van der Waals surface area contributed by atoms with Gasteiger partial charge in [-0.05, 0) is 104 Å². The molecule has 0 aromatic heterocycles. The second-order valence-electron chi connectivity index (χ2n) is 15.1. The number of nitrogens with one attached hydrogen (secondary N) is 1. The van der Waals surface area contributed by atoms with E-state index in [2.05, 4.69) is 16.3 Å². The predicted molar refractivity (Wildman–Crippen MR) is 157 cm³/mol. The van der Waals surface area contributed by atoms with Crippen LogP contribution in [0, 0.1) is 5.92 Å². The molecule has 2 bridgehead atoms. The van der Waals surface area contributed by atoms with E-state index in [1.807, 2.05) is 48.7 Å². The SMILES string of the molecule is CO[C@@]12CC[C@H](N[C@@H](CC(=O)OC(C)(C)C)C(=O)OC(C)(C)C)[C@@H]3Oc4c(O)ccc5c4[C@@]31CCN(CC1CC1)[C@@H]2C5. The number of likely N-dealkylation sites (tertiary alicyclic amines) is 1. The molecule has 1 aromatic rings. The van der Waals surface area contributed by atoms with Gasteiger partial charge < -0.3 is 24.1 Å². The van der Waals surface area contributed by atoms with E-state index in [1.54, 1.807) is 6.07 Å². The fraction of sp³-hybridized carbons (Fsp3) is 0.758. The average Bonchev–Trinajstić information content (AvgIpc) is 3.62. The number of benzene rings is 1. The first-order chi connectivity index (χ1) is 19.7. The molecular weight excluding hydrogens is 536 g/mol. The van der Waals surface area contributed by atoms with Crippen molar-refractivity contribution in [3.05, 3.63) is 23.3 Å². The molecule has 42 heavy (non-hydrogen) atoms. The van der Waals surface area contributed by atoms with Gasteiger partial charge in [-0.1, -0.05) is 6.07 Å². The minimum Gasteiger partial charge on any atom is -0.504 e. The number of rotatable bonds is 8. The van der Waals surface area contributed by atoms with Gasteiger partial charge in [-0.25, -0.2) is 0 Å². The molecule has 0 amide bonds.